The second-order valence-electron chi connectivity index (χ2n) is 3.60. The van der Waals surface area contributed by atoms with Crippen molar-refractivity contribution in [1.29, 1.82) is 0 Å². The second kappa shape index (κ2) is 4.88. The first-order valence-electron chi connectivity index (χ1n) is 4.88. The van der Waals surface area contributed by atoms with Crippen LogP contribution in [-0.2, 0) is 10.0 Å². The van der Waals surface area contributed by atoms with Crippen molar-refractivity contribution in [2.45, 2.75) is 21.1 Å². The number of hydrogen-bond acceptors (Lipinski definition) is 6. The van der Waals surface area contributed by atoms with E-state index in [9.17, 15) is 8.42 Å². The van der Waals surface area contributed by atoms with E-state index < -0.39 is 10.0 Å². The smallest absolute Gasteiger partial charge is 0.238 e. The van der Waals surface area contributed by atoms with E-state index in [0.29, 0.717) is 10.6 Å². The zero-order chi connectivity index (χ0) is 13.3. The molecule has 0 spiro atoms. The van der Waals surface area contributed by atoms with Gasteiger partial charge in [0, 0.05) is 21.7 Å². The number of rotatable bonds is 3. The van der Waals surface area contributed by atoms with Crippen LogP contribution in [-0.4, -0.2) is 13.4 Å². The van der Waals surface area contributed by atoms with Crippen molar-refractivity contribution in [2.75, 3.05) is 5.73 Å². The molecule has 0 aliphatic heterocycles. The summed E-state index contributed by atoms with van der Waals surface area (Å²) in [5.74, 6) is 0. The van der Waals surface area contributed by atoms with Crippen LogP contribution in [0.1, 0.15) is 5.69 Å². The maximum atomic E-state index is 11.3. The SMILES string of the molecule is Cc1csc(Sc2cc(S(N)(=O)=O)ccc2N)n1. The van der Waals surface area contributed by atoms with Gasteiger partial charge in [-0.15, -0.1) is 11.3 Å². The van der Waals surface area contributed by atoms with Crippen LogP contribution >= 0.6 is 23.1 Å². The Morgan fingerprint density at radius 3 is 2.67 bits per heavy atom. The fraction of sp³-hybridized carbons (Fsp3) is 0.100. The summed E-state index contributed by atoms with van der Waals surface area (Å²) in [7, 11) is -3.72. The molecule has 8 heteroatoms. The summed E-state index contributed by atoms with van der Waals surface area (Å²) in [5.41, 5.74) is 7.23. The number of nitrogen functional groups attached to an aromatic ring is 1. The molecule has 18 heavy (non-hydrogen) atoms. The van der Waals surface area contributed by atoms with Gasteiger partial charge >= 0.3 is 0 Å². The number of nitrogens with zero attached hydrogens (tertiary/aromatic N) is 1. The molecule has 1 aromatic heterocycles. The Bertz CT molecular complexity index is 679. The first kappa shape index (κ1) is 13.3. The highest BCUT2D eigenvalue weighted by atomic mass is 32.2. The molecule has 1 aromatic carbocycles. The van der Waals surface area contributed by atoms with Gasteiger partial charge in [0.2, 0.25) is 10.0 Å². The Labute approximate surface area is 113 Å². The summed E-state index contributed by atoms with van der Waals surface area (Å²) in [6.45, 7) is 1.89. The molecule has 0 unspecified atom stereocenters. The molecule has 96 valence electrons. The van der Waals surface area contributed by atoms with Gasteiger partial charge in [0.1, 0.15) is 0 Å². The van der Waals surface area contributed by atoms with Crippen molar-refractivity contribution in [1.82, 2.24) is 4.98 Å². The lowest BCUT2D eigenvalue weighted by Crippen LogP contribution is -2.12. The van der Waals surface area contributed by atoms with Crippen LogP contribution in [0.4, 0.5) is 5.69 Å². The minimum absolute atomic E-state index is 0.0486. The van der Waals surface area contributed by atoms with E-state index in [0.717, 1.165) is 10.0 Å². The van der Waals surface area contributed by atoms with E-state index in [-0.39, 0.29) is 4.90 Å². The lowest BCUT2D eigenvalue weighted by Gasteiger charge is -2.05. The molecule has 0 saturated carbocycles. The van der Waals surface area contributed by atoms with Crippen LogP contribution < -0.4 is 10.9 Å². The molecule has 2 rings (SSSR count). The number of sulfonamides is 1. The van der Waals surface area contributed by atoms with E-state index >= 15 is 0 Å². The summed E-state index contributed by atoms with van der Waals surface area (Å²) >= 11 is 2.81. The predicted molar refractivity (Wildman–Crippen MR) is 73.2 cm³/mol. The zero-order valence-electron chi connectivity index (χ0n) is 9.45. The van der Waals surface area contributed by atoms with Gasteiger partial charge < -0.3 is 5.73 Å². The standard InChI is InChI=1S/C10H11N3O2S3/c1-6-5-16-10(13-6)17-9-4-7(18(12,14)15)2-3-8(9)11/h2-5H,11H2,1H3,(H2,12,14,15). The third-order valence-electron chi connectivity index (χ3n) is 2.11. The Morgan fingerprint density at radius 2 is 2.11 bits per heavy atom. The number of nitrogens with two attached hydrogens (primary N) is 2. The molecule has 0 amide bonds. The van der Waals surface area contributed by atoms with Crippen molar-refractivity contribution in [3.05, 3.63) is 29.3 Å². The van der Waals surface area contributed by atoms with E-state index in [1.165, 1.54) is 41.3 Å². The van der Waals surface area contributed by atoms with Crippen LogP contribution in [0.25, 0.3) is 0 Å². The van der Waals surface area contributed by atoms with Crippen molar-refractivity contribution < 1.29 is 8.42 Å². The maximum absolute atomic E-state index is 11.3. The molecule has 0 fully saturated rings. The van der Waals surface area contributed by atoms with Gasteiger partial charge in [-0.2, -0.15) is 0 Å². The van der Waals surface area contributed by atoms with Gasteiger partial charge in [0.05, 0.1) is 4.90 Å². The molecular formula is C10H11N3O2S3. The molecule has 0 saturated heterocycles. The van der Waals surface area contributed by atoms with Crippen molar-refractivity contribution >= 4 is 38.8 Å². The van der Waals surface area contributed by atoms with Crippen LogP contribution in [0.3, 0.4) is 0 Å². The Kier molecular flexibility index (Phi) is 3.62. The summed E-state index contributed by atoms with van der Waals surface area (Å²) < 4.78 is 23.3. The molecule has 2 aromatic rings. The fourth-order valence-electron chi connectivity index (χ4n) is 1.25. The second-order valence-corrected chi connectivity index (χ2v) is 7.31. The van der Waals surface area contributed by atoms with Gasteiger partial charge in [0.25, 0.3) is 0 Å². The fourth-order valence-corrected chi connectivity index (χ4v) is 3.74. The van der Waals surface area contributed by atoms with Crippen LogP contribution in [0, 0.1) is 6.92 Å². The van der Waals surface area contributed by atoms with Crippen LogP contribution in [0.15, 0.2) is 37.7 Å². The first-order chi connectivity index (χ1) is 8.36. The highest BCUT2D eigenvalue weighted by Crippen LogP contribution is 2.35. The van der Waals surface area contributed by atoms with Gasteiger partial charge in [-0.3, -0.25) is 0 Å². The van der Waals surface area contributed by atoms with Gasteiger partial charge in [0.15, 0.2) is 4.34 Å². The first-order valence-corrected chi connectivity index (χ1v) is 8.13. The van der Waals surface area contributed by atoms with Gasteiger partial charge in [-0.25, -0.2) is 18.5 Å². The van der Waals surface area contributed by atoms with E-state index in [1.807, 2.05) is 12.3 Å². The monoisotopic (exact) mass is 301 g/mol. The lowest BCUT2D eigenvalue weighted by atomic mass is 10.3. The topological polar surface area (TPSA) is 99.1 Å². The van der Waals surface area contributed by atoms with Crippen molar-refractivity contribution in [3.63, 3.8) is 0 Å². The van der Waals surface area contributed by atoms with E-state index in [1.54, 1.807) is 0 Å². The minimum Gasteiger partial charge on any atom is -0.398 e. The number of aryl methyl sites for hydroxylation is 1. The molecule has 1 heterocycles. The molecular weight excluding hydrogens is 290 g/mol. The van der Waals surface area contributed by atoms with Gasteiger partial charge in [-0.05, 0) is 25.1 Å². The Morgan fingerprint density at radius 1 is 1.39 bits per heavy atom. The zero-order valence-corrected chi connectivity index (χ0v) is 11.9. The normalized spacial score (nSPS) is 11.7. The average molecular weight is 301 g/mol. The number of primary sulfonamides is 1. The van der Waals surface area contributed by atoms with Crippen molar-refractivity contribution in [2.24, 2.45) is 5.14 Å². The molecule has 0 bridgehead atoms. The molecule has 5 nitrogen and oxygen atoms in total. The molecule has 4 N–H and O–H groups in total. The molecule has 0 radical (unpaired) electrons. The quantitative estimate of drug-likeness (QED) is 0.843. The van der Waals surface area contributed by atoms with Gasteiger partial charge in [-0.1, -0.05) is 11.8 Å². The summed E-state index contributed by atoms with van der Waals surface area (Å²) in [4.78, 5) is 4.97. The number of benzene rings is 1. The lowest BCUT2D eigenvalue weighted by molar-refractivity contribution is 0.597. The van der Waals surface area contributed by atoms with Crippen LogP contribution in [0.2, 0.25) is 0 Å². The maximum Gasteiger partial charge on any atom is 0.238 e. The number of thiazole rings is 1. The molecule has 0 aliphatic carbocycles. The number of anilines is 1. The summed E-state index contributed by atoms with van der Waals surface area (Å²) in [5, 5.41) is 7.00. The predicted octanol–water partition coefficient (Wildman–Crippen LogP) is 1.83. The minimum atomic E-state index is -3.72. The highest BCUT2D eigenvalue weighted by molar-refractivity contribution is 8.01. The largest absolute Gasteiger partial charge is 0.398 e. The molecule has 0 aliphatic rings. The average Bonchev–Trinajstić information content (AvgIpc) is 2.66. The number of hydrogen-bond donors (Lipinski definition) is 2. The highest BCUT2D eigenvalue weighted by Gasteiger charge is 2.12. The summed E-state index contributed by atoms with van der Waals surface area (Å²) in [6.07, 6.45) is 0. The Balaban J connectivity index is 2.38. The van der Waals surface area contributed by atoms with Crippen LogP contribution in [0.5, 0.6) is 0 Å². The third kappa shape index (κ3) is 3.02. The van der Waals surface area contributed by atoms with E-state index in [4.69, 9.17) is 10.9 Å². The Hall–Kier alpha value is -1.09. The van der Waals surface area contributed by atoms with Crippen molar-refractivity contribution in [3.8, 4) is 0 Å². The molecule has 0 atom stereocenters. The third-order valence-corrected chi connectivity index (χ3v) is 5.15. The van der Waals surface area contributed by atoms with E-state index in [2.05, 4.69) is 4.98 Å². The number of aromatic nitrogens is 1. The summed E-state index contributed by atoms with van der Waals surface area (Å²) in [6, 6.07) is 4.39.